The monoisotopic (exact) mass is 276 g/mol. The third kappa shape index (κ3) is 2.47. The van der Waals surface area contributed by atoms with Gasteiger partial charge in [-0.3, -0.25) is 9.78 Å². The average molecular weight is 277 g/mol. The quantitative estimate of drug-likeness (QED) is 0.782. The van der Waals surface area contributed by atoms with E-state index in [-0.39, 0.29) is 5.56 Å². The number of halogens is 1. The first-order valence-electron chi connectivity index (χ1n) is 6.08. The number of hydrogen-bond donors (Lipinski definition) is 3. The van der Waals surface area contributed by atoms with Crippen molar-refractivity contribution in [3.63, 3.8) is 0 Å². The highest BCUT2D eigenvalue weighted by molar-refractivity contribution is 6.33. The van der Waals surface area contributed by atoms with E-state index >= 15 is 0 Å². The molecule has 2 heterocycles. The van der Waals surface area contributed by atoms with Gasteiger partial charge in [-0.2, -0.15) is 0 Å². The van der Waals surface area contributed by atoms with E-state index in [1.54, 1.807) is 6.07 Å². The topological polar surface area (TPSA) is 69.8 Å². The second kappa shape index (κ2) is 5.03. The molecule has 6 heteroatoms. The third-order valence-electron chi connectivity index (χ3n) is 3.07. The molecule has 0 atom stereocenters. The van der Waals surface area contributed by atoms with Crippen LogP contribution < -0.4 is 16.2 Å². The minimum atomic E-state index is -0.0824. The molecule has 0 spiro atoms. The van der Waals surface area contributed by atoms with Crippen LogP contribution in [0.3, 0.4) is 0 Å². The standard InChI is InChI=1S/C13H13ClN4O/c14-9-3-1-2-4-10(9)16-13-17-11-7-15-6-5-8(11)12(19)18-13/h1-4,15H,5-7H2,(H2,16,17,18,19). The lowest BCUT2D eigenvalue weighted by molar-refractivity contribution is 0.620. The van der Waals surface area contributed by atoms with Gasteiger partial charge in [0.1, 0.15) is 0 Å². The molecule has 1 aromatic carbocycles. The van der Waals surface area contributed by atoms with Crippen LogP contribution in [0.4, 0.5) is 11.6 Å². The molecule has 0 amide bonds. The van der Waals surface area contributed by atoms with Crippen molar-refractivity contribution >= 4 is 23.2 Å². The number of nitrogens with one attached hydrogen (secondary N) is 3. The summed E-state index contributed by atoms with van der Waals surface area (Å²) < 4.78 is 0. The van der Waals surface area contributed by atoms with Gasteiger partial charge in [0.2, 0.25) is 5.95 Å². The first kappa shape index (κ1) is 12.2. The molecule has 98 valence electrons. The Labute approximate surface area is 115 Å². The molecule has 0 radical (unpaired) electrons. The van der Waals surface area contributed by atoms with Crippen LogP contribution in [0.2, 0.25) is 5.02 Å². The third-order valence-corrected chi connectivity index (χ3v) is 3.40. The summed E-state index contributed by atoms with van der Waals surface area (Å²) in [6.45, 7) is 1.44. The van der Waals surface area contributed by atoms with Crippen molar-refractivity contribution in [3.05, 3.63) is 50.9 Å². The van der Waals surface area contributed by atoms with Crippen LogP contribution in [-0.4, -0.2) is 16.5 Å². The molecular weight excluding hydrogens is 264 g/mol. The molecular formula is C13H13ClN4O. The van der Waals surface area contributed by atoms with Gasteiger partial charge < -0.3 is 10.6 Å². The Kier molecular flexibility index (Phi) is 3.23. The van der Waals surface area contributed by atoms with Gasteiger partial charge in [0.15, 0.2) is 0 Å². The fourth-order valence-electron chi connectivity index (χ4n) is 2.12. The summed E-state index contributed by atoms with van der Waals surface area (Å²) in [6, 6.07) is 7.33. The molecule has 1 aliphatic heterocycles. The Morgan fingerprint density at radius 3 is 3.00 bits per heavy atom. The van der Waals surface area contributed by atoms with E-state index in [1.807, 2.05) is 18.2 Å². The van der Waals surface area contributed by atoms with Crippen LogP contribution >= 0.6 is 11.6 Å². The number of fused-ring (bicyclic) bond motifs is 1. The second-order valence-electron chi connectivity index (χ2n) is 4.37. The Hall–Kier alpha value is -1.85. The summed E-state index contributed by atoms with van der Waals surface area (Å²) in [5.74, 6) is 0.417. The number of H-pyrrole nitrogens is 1. The van der Waals surface area contributed by atoms with Crippen molar-refractivity contribution in [3.8, 4) is 0 Å². The number of anilines is 2. The van der Waals surface area contributed by atoms with Crippen molar-refractivity contribution in [1.82, 2.24) is 15.3 Å². The highest BCUT2D eigenvalue weighted by atomic mass is 35.5. The smallest absolute Gasteiger partial charge is 0.255 e. The molecule has 0 saturated heterocycles. The summed E-state index contributed by atoms with van der Waals surface area (Å²) in [7, 11) is 0. The van der Waals surface area contributed by atoms with Crippen molar-refractivity contribution < 1.29 is 0 Å². The first-order chi connectivity index (χ1) is 9.24. The molecule has 0 fully saturated rings. The van der Waals surface area contributed by atoms with Gasteiger partial charge >= 0.3 is 0 Å². The highest BCUT2D eigenvalue weighted by Crippen LogP contribution is 2.23. The first-order valence-corrected chi connectivity index (χ1v) is 6.46. The van der Waals surface area contributed by atoms with Gasteiger partial charge in [0, 0.05) is 12.1 Å². The van der Waals surface area contributed by atoms with E-state index in [2.05, 4.69) is 20.6 Å². The lowest BCUT2D eigenvalue weighted by Gasteiger charge is -2.16. The number of hydrogen-bond acceptors (Lipinski definition) is 4. The lowest BCUT2D eigenvalue weighted by atomic mass is 10.1. The molecule has 0 unspecified atom stereocenters. The molecule has 3 N–H and O–H groups in total. The summed E-state index contributed by atoms with van der Waals surface area (Å²) >= 11 is 6.06. The second-order valence-corrected chi connectivity index (χ2v) is 4.78. The Morgan fingerprint density at radius 2 is 2.16 bits per heavy atom. The van der Waals surface area contributed by atoms with E-state index < -0.39 is 0 Å². The van der Waals surface area contributed by atoms with Crippen molar-refractivity contribution in [2.24, 2.45) is 0 Å². The molecule has 0 saturated carbocycles. The molecule has 0 bridgehead atoms. The van der Waals surface area contributed by atoms with E-state index in [0.717, 1.165) is 23.5 Å². The molecule has 1 aliphatic rings. The number of para-hydroxylation sites is 1. The van der Waals surface area contributed by atoms with Crippen LogP contribution in [0.5, 0.6) is 0 Å². The molecule has 0 aliphatic carbocycles. The van der Waals surface area contributed by atoms with Gasteiger partial charge in [0.05, 0.1) is 16.4 Å². The largest absolute Gasteiger partial charge is 0.324 e. The number of nitrogens with zero attached hydrogens (tertiary/aromatic N) is 1. The van der Waals surface area contributed by atoms with Crippen LogP contribution in [0.1, 0.15) is 11.3 Å². The van der Waals surface area contributed by atoms with Crippen molar-refractivity contribution in [1.29, 1.82) is 0 Å². The normalized spacial score (nSPS) is 13.9. The maximum Gasteiger partial charge on any atom is 0.255 e. The summed E-state index contributed by atoms with van der Waals surface area (Å²) in [5, 5.41) is 6.82. The Bertz CT molecular complexity index is 668. The molecule has 3 rings (SSSR count). The summed E-state index contributed by atoms with van der Waals surface area (Å²) in [5.41, 5.74) is 2.20. The van der Waals surface area contributed by atoms with Crippen LogP contribution in [0.25, 0.3) is 0 Å². The number of aromatic nitrogens is 2. The van der Waals surface area contributed by atoms with Crippen LogP contribution in [-0.2, 0) is 13.0 Å². The molecule has 1 aromatic heterocycles. The Balaban J connectivity index is 1.96. The fourth-order valence-corrected chi connectivity index (χ4v) is 2.30. The van der Waals surface area contributed by atoms with Gasteiger partial charge in [0.25, 0.3) is 5.56 Å². The maximum atomic E-state index is 12.0. The SMILES string of the molecule is O=c1[nH]c(Nc2ccccc2Cl)nc2c1CCNC2. The van der Waals surface area contributed by atoms with Gasteiger partial charge in [-0.05, 0) is 25.1 Å². The van der Waals surface area contributed by atoms with Crippen LogP contribution in [0.15, 0.2) is 29.1 Å². The fraction of sp³-hybridized carbons (Fsp3) is 0.231. The lowest BCUT2D eigenvalue weighted by Crippen LogP contribution is -2.31. The average Bonchev–Trinajstić information content (AvgIpc) is 2.42. The van der Waals surface area contributed by atoms with Gasteiger partial charge in [-0.15, -0.1) is 0 Å². The predicted molar refractivity (Wildman–Crippen MR) is 75.0 cm³/mol. The highest BCUT2D eigenvalue weighted by Gasteiger charge is 2.15. The zero-order valence-electron chi connectivity index (χ0n) is 10.2. The maximum absolute atomic E-state index is 12.0. The van der Waals surface area contributed by atoms with Crippen LogP contribution in [0, 0.1) is 0 Å². The summed E-state index contributed by atoms with van der Waals surface area (Å²) in [4.78, 5) is 19.1. The van der Waals surface area contributed by atoms with Crippen molar-refractivity contribution in [2.75, 3.05) is 11.9 Å². The molecule has 19 heavy (non-hydrogen) atoms. The predicted octanol–water partition coefficient (Wildman–Crippen LogP) is 1.81. The number of rotatable bonds is 2. The minimum absolute atomic E-state index is 0.0824. The Morgan fingerprint density at radius 1 is 1.32 bits per heavy atom. The number of aromatic amines is 1. The van der Waals surface area contributed by atoms with E-state index in [9.17, 15) is 4.79 Å². The molecule has 5 nitrogen and oxygen atoms in total. The zero-order chi connectivity index (χ0) is 13.2. The van der Waals surface area contributed by atoms with Crippen molar-refractivity contribution in [2.45, 2.75) is 13.0 Å². The van der Waals surface area contributed by atoms with E-state index in [0.29, 0.717) is 23.9 Å². The summed E-state index contributed by atoms with van der Waals surface area (Å²) in [6.07, 6.45) is 0.712. The van der Waals surface area contributed by atoms with Gasteiger partial charge in [-0.25, -0.2) is 4.98 Å². The molecule has 2 aromatic rings. The minimum Gasteiger partial charge on any atom is -0.324 e. The van der Waals surface area contributed by atoms with E-state index in [4.69, 9.17) is 11.6 Å². The zero-order valence-corrected chi connectivity index (χ0v) is 10.9. The number of benzene rings is 1. The van der Waals surface area contributed by atoms with E-state index in [1.165, 1.54) is 0 Å². The van der Waals surface area contributed by atoms with Gasteiger partial charge in [-0.1, -0.05) is 23.7 Å².